The van der Waals surface area contributed by atoms with Gasteiger partial charge >= 0.3 is 0 Å². The van der Waals surface area contributed by atoms with Crippen LogP contribution < -0.4 is 16.0 Å². The van der Waals surface area contributed by atoms with Gasteiger partial charge in [0.15, 0.2) is 0 Å². The van der Waals surface area contributed by atoms with Gasteiger partial charge in [0, 0.05) is 54.0 Å². The van der Waals surface area contributed by atoms with Gasteiger partial charge in [0.05, 0.1) is 0 Å². The number of benzene rings is 2. The van der Waals surface area contributed by atoms with Gasteiger partial charge in [-0.1, -0.05) is 42.4 Å². The van der Waals surface area contributed by atoms with Gasteiger partial charge in [-0.25, -0.2) is 0 Å². The highest BCUT2D eigenvalue weighted by molar-refractivity contribution is 6.31. The molecule has 2 aromatic rings. The predicted molar refractivity (Wildman–Crippen MR) is 112 cm³/mol. The Kier molecular flexibility index (Phi) is 5.52. The molecule has 1 fully saturated rings. The molecular weight excluding hydrogens is 344 g/mol. The minimum Gasteiger partial charge on any atom is -0.398 e. The van der Waals surface area contributed by atoms with E-state index in [2.05, 4.69) is 41.1 Å². The van der Waals surface area contributed by atoms with Crippen LogP contribution in [-0.4, -0.2) is 26.4 Å². The fourth-order valence-corrected chi connectivity index (χ4v) is 3.82. The fraction of sp³-hybridized carbons (Fsp3) is 0.286. The summed E-state index contributed by atoms with van der Waals surface area (Å²) in [5.41, 5.74) is 11.7. The van der Waals surface area contributed by atoms with E-state index >= 15 is 0 Å². The quantitative estimate of drug-likeness (QED) is 0.538. The van der Waals surface area contributed by atoms with E-state index in [0.717, 1.165) is 48.4 Å². The van der Waals surface area contributed by atoms with Gasteiger partial charge in [-0.15, -0.1) is 0 Å². The summed E-state index contributed by atoms with van der Waals surface area (Å²) in [6, 6.07) is 12.3. The lowest BCUT2D eigenvalue weighted by Crippen LogP contribution is -2.33. The molecule has 1 saturated heterocycles. The minimum absolute atomic E-state index is 0.545. The molecular formula is C21H25ClN4. The lowest BCUT2D eigenvalue weighted by Gasteiger charge is -2.35. The Bertz CT molecular complexity index is 806. The number of rotatable bonds is 5. The number of nitrogens with one attached hydrogen (secondary N) is 2. The second-order valence-electron chi connectivity index (χ2n) is 6.68. The van der Waals surface area contributed by atoms with Gasteiger partial charge in [0.1, 0.15) is 0 Å². The number of piperidine rings is 1. The van der Waals surface area contributed by atoms with Gasteiger partial charge in [-0.2, -0.15) is 0 Å². The monoisotopic (exact) mass is 368 g/mol. The molecule has 0 spiro atoms. The first-order valence-corrected chi connectivity index (χ1v) is 9.22. The lowest BCUT2D eigenvalue weighted by molar-refractivity contribution is 0.505. The van der Waals surface area contributed by atoms with Crippen LogP contribution in [0.3, 0.4) is 0 Å². The molecule has 0 bridgehead atoms. The Balaban J connectivity index is 1.72. The van der Waals surface area contributed by atoms with Crippen molar-refractivity contribution >= 4 is 34.9 Å². The van der Waals surface area contributed by atoms with E-state index in [9.17, 15) is 0 Å². The molecule has 4 nitrogen and oxygen atoms in total. The number of anilines is 2. The molecule has 1 aliphatic rings. The minimum atomic E-state index is 0.545. The summed E-state index contributed by atoms with van der Waals surface area (Å²) in [7, 11) is 1.89. The van der Waals surface area contributed by atoms with Crippen molar-refractivity contribution in [3.63, 3.8) is 0 Å². The molecule has 0 amide bonds. The second-order valence-corrected chi connectivity index (χ2v) is 7.12. The maximum Gasteiger partial charge on any atom is 0.0491 e. The predicted octanol–water partition coefficient (Wildman–Crippen LogP) is 4.49. The molecule has 0 radical (unpaired) electrons. The van der Waals surface area contributed by atoms with Gasteiger partial charge in [-0.05, 0) is 42.0 Å². The third-order valence-corrected chi connectivity index (χ3v) is 5.39. The number of hydrogen-bond acceptors (Lipinski definition) is 4. The van der Waals surface area contributed by atoms with Crippen LogP contribution in [0, 0.1) is 5.41 Å². The normalized spacial score (nSPS) is 14.9. The molecule has 0 saturated carbocycles. The van der Waals surface area contributed by atoms with Gasteiger partial charge in [-0.3, -0.25) is 0 Å². The number of nitrogens with two attached hydrogens (primary N) is 1. The molecule has 4 N–H and O–H groups in total. The number of nitrogens with zero attached hydrogens (tertiary/aromatic N) is 1. The highest BCUT2D eigenvalue weighted by atomic mass is 35.5. The van der Waals surface area contributed by atoms with Gasteiger partial charge in [0.2, 0.25) is 0 Å². The molecule has 0 atom stereocenters. The molecule has 5 heteroatoms. The second kappa shape index (κ2) is 7.83. The summed E-state index contributed by atoms with van der Waals surface area (Å²) in [6.45, 7) is 5.86. The first-order chi connectivity index (χ1) is 12.5. The zero-order valence-electron chi connectivity index (χ0n) is 15.1. The molecule has 0 aromatic heterocycles. The van der Waals surface area contributed by atoms with Crippen LogP contribution in [0.5, 0.6) is 0 Å². The van der Waals surface area contributed by atoms with Crippen molar-refractivity contribution in [1.82, 2.24) is 5.32 Å². The summed E-state index contributed by atoms with van der Waals surface area (Å²) in [5, 5.41) is 11.4. The highest BCUT2D eigenvalue weighted by Crippen LogP contribution is 2.35. The summed E-state index contributed by atoms with van der Waals surface area (Å²) >= 11 is 6.18. The van der Waals surface area contributed by atoms with E-state index in [4.69, 9.17) is 22.7 Å². The van der Waals surface area contributed by atoms with E-state index < -0.39 is 0 Å². The number of nitrogen functional groups attached to an aromatic ring is 1. The van der Waals surface area contributed by atoms with Crippen molar-refractivity contribution in [2.24, 2.45) is 0 Å². The van der Waals surface area contributed by atoms with Crippen molar-refractivity contribution in [1.29, 1.82) is 5.41 Å². The smallest absolute Gasteiger partial charge is 0.0491 e. The van der Waals surface area contributed by atoms with Gasteiger partial charge < -0.3 is 21.4 Å². The molecule has 2 aromatic carbocycles. The molecule has 26 heavy (non-hydrogen) atoms. The third kappa shape index (κ3) is 3.70. The maximum atomic E-state index is 7.67. The Morgan fingerprint density at radius 3 is 2.50 bits per heavy atom. The topological polar surface area (TPSA) is 65.1 Å². The van der Waals surface area contributed by atoms with E-state index in [1.165, 1.54) is 11.8 Å². The maximum absolute atomic E-state index is 7.67. The zero-order valence-corrected chi connectivity index (χ0v) is 15.8. The Morgan fingerprint density at radius 2 is 1.92 bits per heavy atom. The van der Waals surface area contributed by atoms with E-state index in [-0.39, 0.29) is 0 Å². The van der Waals surface area contributed by atoms with Crippen LogP contribution in [0.15, 0.2) is 43.0 Å². The Morgan fingerprint density at radius 1 is 1.27 bits per heavy atom. The van der Waals surface area contributed by atoms with Crippen molar-refractivity contribution < 1.29 is 0 Å². The molecule has 136 valence electrons. The van der Waals surface area contributed by atoms with Crippen LogP contribution in [0.4, 0.5) is 11.4 Å². The molecule has 0 unspecified atom stereocenters. The van der Waals surface area contributed by atoms with Crippen LogP contribution in [0.25, 0.3) is 5.70 Å². The number of hydrogen-bond donors (Lipinski definition) is 3. The standard InChI is InChI=1S/C21H25ClN4/c1-14(25-2)15-3-5-16(6-4-15)17-7-9-26(10-8-17)21-12-18(22)11-20(24)19(21)13-23/h3-6,11-13,17,23,25H,1,7-10,24H2,2H3. The Labute approximate surface area is 160 Å². The van der Waals surface area contributed by atoms with Crippen molar-refractivity contribution in [2.75, 3.05) is 30.8 Å². The molecule has 0 aliphatic carbocycles. The van der Waals surface area contributed by atoms with Crippen molar-refractivity contribution in [2.45, 2.75) is 18.8 Å². The SMILES string of the molecule is C=C(NC)c1ccc(C2CCN(c3cc(Cl)cc(N)c3C=N)CC2)cc1. The van der Waals surface area contributed by atoms with E-state index in [0.29, 0.717) is 16.6 Å². The molecule has 1 heterocycles. The average molecular weight is 369 g/mol. The molecule has 3 rings (SSSR count). The van der Waals surface area contributed by atoms with Crippen LogP contribution in [-0.2, 0) is 0 Å². The fourth-order valence-electron chi connectivity index (χ4n) is 3.60. The highest BCUT2D eigenvalue weighted by Gasteiger charge is 2.23. The summed E-state index contributed by atoms with van der Waals surface area (Å²) < 4.78 is 0. The number of halogens is 1. The van der Waals surface area contributed by atoms with Crippen LogP contribution >= 0.6 is 11.6 Å². The third-order valence-electron chi connectivity index (χ3n) is 5.17. The van der Waals surface area contributed by atoms with Crippen LogP contribution in [0.1, 0.15) is 35.4 Å². The van der Waals surface area contributed by atoms with Gasteiger partial charge in [0.25, 0.3) is 0 Å². The first kappa shape index (κ1) is 18.3. The largest absolute Gasteiger partial charge is 0.398 e. The first-order valence-electron chi connectivity index (χ1n) is 8.85. The average Bonchev–Trinajstić information content (AvgIpc) is 2.67. The van der Waals surface area contributed by atoms with E-state index in [1.54, 1.807) is 6.07 Å². The van der Waals surface area contributed by atoms with Crippen LogP contribution in [0.2, 0.25) is 5.02 Å². The zero-order chi connectivity index (χ0) is 18.7. The van der Waals surface area contributed by atoms with Crippen molar-refractivity contribution in [3.05, 3.63) is 64.7 Å². The Hall–Kier alpha value is -2.46. The van der Waals surface area contributed by atoms with E-state index in [1.807, 2.05) is 13.1 Å². The van der Waals surface area contributed by atoms with Crippen molar-refractivity contribution in [3.8, 4) is 0 Å². The summed E-state index contributed by atoms with van der Waals surface area (Å²) in [6.07, 6.45) is 3.45. The molecule has 1 aliphatic heterocycles. The summed E-state index contributed by atoms with van der Waals surface area (Å²) in [4.78, 5) is 2.29. The lowest BCUT2D eigenvalue weighted by atomic mass is 9.88. The summed E-state index contributed by atoms with van der Waals surface area (Å²) in [5.74, 6) is 0.545.